The zero-order chi connectivity index (χ0) is 16.1. The maximum atomic E-state index is 12.8. The third kappa shape index (κ3) is 3.50. The van der Waals surface area contributed by atoms with Gasteiger partial charge in [0.05, 0.1) is 6.04 Å². The van der Waals surface area contributed by atoms with Crippen LogP contribution in [0.4, 0.5) is 0 Å². The van der Waals surface area contributed by atoms with Crippen molar-refractivity contribution < 1.29 is 14.4 Å². The van der Waals surface area contributed by atoms with Crippen LogP contribution in [0.15, 0.2) is 0 Å². The lowest BCUT2D eigenvalue weighted by molar-refractivity contribution is -0.146. The van der Waals surface area contributed by atoms with E-state index in [0.29, 0.717) is 25.9 Å². The first-order valence-corrected chi connectivity index (χ1v) is 8.72. The minimum Gasteiger partial charge on any atom is -0.331 e. The second-order valence-corrected chi connectivity index (χ2v) is 6.36. The molecule has 0 aliphatic carbocycles. The van der Waals surface area contributed by atoms with Crippen LogP contribution in [0.3, 0.4) is 0 Å². The second kappa shape index (κ2) is 7.75. The molecule has 0 aromatic rings. The predicted molar refractivity (Wildman–Crippen MR) is 84.3 cm³/mol. The molecule has 5 heteroatoms. The molecule has 22 heavy (non-hydrogen) atoms. The van der Waals surface area contributed by atoms with E-state index in [2.05, 4.69) is 6.92 Å². The lowest BCUT2D eigenvalue weighted by Crippen LogP contribution is -2.50. The van der Waals surface area contributed by atoms with Crippen LogP contribution in [-0.4, -0.2) is 52.6 Å². The average molecular weight is 308 g/mol. The molecule has 2 unspecified atom stereocenters. The van der Waals surface area contributed by atoms with Crippen LogP contribution >= 0.6 is 0 Å². The first kappa shape index (κ1) is 17.0. The molecular weight excluding hydrogens is 280 g/mol. The van der Waals surface area contributed by atoms with E-state index in [1.54, 1.807) is 9.80 Å². The SMILES string of the molecule is CCCCC(=O)N1CCCC1C(=O)N1CCCC1C(=O)CC. The summed E-state index contributed by atoms with van der Waals surface area (Å²) in [6.07, 6.45) is 6.13. The smallest absolute Gasteiger partial charge is 0.245 e. The highest BCUT2D eigenvalue weighted by molar-refractivity contribution is 5.93. The van der Waals surface area contributed by atoms with Gasteiger partial charge >= 0.3 is 0 Å². The minimum atomic E-state index is -0.338. The molecule has 0 saturated carbocycles. The van der Waals surface area contributed by atoms with Gasteiger partial charge in [0.1, 0.15) is 6.04 Å². The van der Waals surface area contributed by atoms with Gasteiger partial charge in [-0.2, -0.15) is 0 Å². The number of carbonyl (C=O) groups is 3. The number of unbranched alkanes of at least 4 members (excludes halogenated alkanes) is 1. The van der Waals surface area contributed by atoms with Crippen LogP contribution in [0, 0.1) is 0 Å². The van der Waals surface area contributed by atoms with E-state index in [4.69, 9.17) is 0 Å². The number of Topliss-reactive ketones (excluding diaryl/α,β-unsaturated/α-hetero) is 1. The molecule has 124 valence electrons. The Hall–Kier alpha value is -1.39. The van der Waals surface area contributed by atoms with Gasteiger partial charge in [-0.25, -0.2) is 0 Å². The summed E-state index contributed by atoms with van der Waals surface area (Å²) in [4.78, 5) is 40.7. The molecule has 2 atom stereocenters. The standard InChI is InChI=1S/C17H28N2O3/c1-3-5-10-16(21)18-11-7-9-14(18)17(22)19-12-6-8-13(19)15(20)4-2/h13-14H,3-12H2,1-2H3. The fourth-order valence-corrected chi connectivity index (χ4v) is 3.59. The summed E-state index contributed by atoms with van der Waals surface area (Å²) in [6, 6.07) is -0.597. The topological polar surface area (TPSA) is 57.7 Å². The molecule has 2 fully saturated rings. The molecule has 0 radical (unpaired) electrons. The number of nitrogens with zero attached hydrogens (tertiary/aromatic N) is 2. The third-order valence-corrected chi connectivity index (χ3v) is 4.86. The normalized spacial score (nSPS) is 24.8. The third-order valence-electron chi connectivity index (χ3n) is 4.86. The van der Waals surface area contributed by atoms with E-state index in [0.717, 1.165) is 38.5 Å². The van der Waals surface area contributed by atoms with Crippen molar-refractivity contribution in [3.8, 4) is 0 Å². The van der Waals surface area contributed by atoms with Crippen LogP contribution in [0.2, 0.25) is 0 Å². The van der Waals surface area contributed by atoms with Gasteiger partial charge in [-0.1, -0.05) is 20.3 Å². The van der Waals surface area contributed by atoms with Gasteiger partial charge in [0, 0.05) is 25.9 Å². The molecular formula is C17H28N2O3. The van der Waals surface area contributed by atoms with Gasteiger partial charge in [0.15, 0.2) is 5.78 Å². The molecule has 0 spiro atoms. The number of hydrogen-bond donors (Lipinski definition) is 0. The number of likely N-dealkylation sites (tertiary alicyclic amines) is 2. The van der Waals surface area contributed by atoms with Gasteiger partial charge in [-0.15, -0.1) is 0 Å². The molecule has 2 aliphatic heterocycles. The van der Waals surface area contributed by atoms with Crippen molar-refractivity contribution >= 4 is 17.6 Å². The van der Waals surface area contributed by atoms with E-state index in [1.807, 2.05) is 6.92 Å². The van der Waals surface area contributed by atoms with E-state index in [-0.39, 0.29) is 29.7 Å². The Morgan fingerprint density at radius 2 is 1.59 bits per heavy atom. The molecule has 2 aliphatic rings. The number of carbonyl (C=O) groups excluding carboxylic acids is 3. The number of rotatable bonds is 6. The molecule has 2 rings (SSSR count). The summed E-state index contributed by atoms with van der Waals surface area (Å²) in [5.74, 6) is 0.231. The maximum Gasteiger partial charge on any atom is 0.245 e. The molecule has 5 nitrogen and oxygen atoms in total. The Morgan fingerprint density at radius 1 is 0.955 bits per heavy atom. The number of ketones is 1. The molecule has 2 amide bonds. The first-order valence-electron chi connectivity index (χ1n) is 8.72. The van der Waals surface area contributed by atoms with E-state index in [9.17, 15) is 14.4 Å². The fraction of sp³-hybridized carbons (Fsp3) is 0.824. The number of amides is 2. The molecule has 0 bridgehead atoms. The molecule has 2 saturated heterocycles. The first-order chi connectivity index (χ1) is 10.6. The Bertz CT molecular complexity index is 436. The van der Waals surface area contributed by atoms with Gasteiger partial charge in [-0.05, 0) is 32.1 Å². The van der Waals surface area contributed by atoms with Gasteiger partial charge in [0.2, 0.25) is 11.8 Å². The Labute approximate surface area is 133 Å². The van der Waals surface area contributed by atoms with Gasteiger partial charge in [-0.3, -0.25) is 14.4 Å². The highest BCUT2D eigenvalue weighted by Gasteiger charge is 2.41. The highest BCUT2D eigenvalue weighted by atomic mass is 16.2. The maximum absolute atomic E-state index is 12.8. The molecule has 0 aromatic carbocycles. The van der Waals surface area contributed by atoms with E-state index < -0.39 is 0 Å². The van der Waals surface area contributed by atoms with Crippen LogP contribution in [0.5, 0.6) is 0 Å². The molecule has 0 N–H and O–H groups in total. The van der Waals surface area contributed by atoms with Crippen LogP contribution in [-0.2, 0) is 14.4 Å². The van der Waals surface area contributed by atoms with Gasteiger partial charge < -0.3 is 9.80 Å². The Morgan fingerprint density at radius 3 is 2.23 bits per heavy atom. The van der Waals surface area contributed by atoms with Crippen molar-refractivity contribution in [1.29, 1.82) is 0 Å². The van der Waals surface area contributed by atoms with Crippen molar-refractivity contribution in [3.63, 3.8) is 0 Å². The molecule has 0 aromatic heterocycles. The monoisotopic (exact) mass is 308 g/mol. The van der Waals surface area contributed by atoms with Gasteiger partial charge in [0.25, 0.3) is 0 Å². The number of hydrogen-bond acceptors (Lipinski definition) is 3. The van der Waals surface area contributed by atoms with E-state index >= 15 is 0 Å². The van der Waals surface area contributed by atoms with Crippen LogP contribution in [0.25, 0.3) is 0 Å². The quantitative estimate of drug-likeness (QED) is 0.755. The summed E-state index contributed by atoms with van der Waals surface area (Å²) in [5, 5.41) is 0. The summed E-state index contributed by atoms with van der Waals surface area (Å²) < 4.78 is 0. The summed E-state index contributed by atoms with van der Waals surface area (Å²) >= 11 is 0. The minimum absolute atomic E-state index is 0.00773. The predicted octanol–water partition coefficient (Wildman–Crippen LogP) is 2.14. The van der Waals surface area contributed by atoms with Crippen molar-refractivity contribution in [1.82, 2.24) is 9.80 Å². The summed E-state index contributed by atoms with van der Waals surface area (Å²) in [5.41, 5.74) is 0. The zero-order valence-electron chi connectivity index (χ0n) is 13.8. The summed E-state index contributed by atoms with van der Waals surface area (Å²) in [6.45, 7) is 5.24. The van der Waals surface area contributed by atoms with E-state index in [1.165, 1.54) is 0 Å². The fourth-order valence-electron chi connectivity index (χ4n) is 3.59. The van der Waals surface area contributed by atoms with Crippen molar-refractivity contribution in [3.05, 3.63) is 0 Å². The Kier molecular flexibility index (Phi) is 5.98. The largest absolute Gasteiger partial charge is 0.331 e. The highest BCUT2D eigenvalue weighted by Crippen LogP contribution is 2.26. The lowest BCUT2D eigenvalue weighted by atomic mass is 10.1. The van der Waals surface area contributed by atoms with Crippen molar-refractivity contribution in [2.24, 2.45) is 0 Å². The van der Waals surface area contributed by atoms with Crippen molar-refractivity contribution in [2.75, 3.05) is 13.1 Å². The van der Waals surface area contributed by atoms with Crippen LogP contribution < -0.4 is 0 Å². The van der Waals surface area contributed by atoms with Crippen LogP contribution in [0.1, 0.15) is 65.2 Å². The Balaban J connectivity index is 2.04. The average Bonchev–Trinajstić information content (AvgIpc) is 3.19. The van der Waals surface area contributed by atoms with Crippen molar-refractivity contribution in [2.45, 2.75) is 77.3 Å². The lowest BCUT2D eigenvalue weighted by Gasteiger charge is -2.31. The second-order valence-electron chi connectivity index (χ2n) is 6.36. The molecule has 2 heterocycles. The summed E-state index contributed by atoms with van der Waals surface area (Å²) in [7, 11) is 0. The zero-order valence-corrected chi connectivity index (χ0v) is 13.8.